The number of halogens is 7. The number of alkyl halides is 6. The third kappa shape index (κ3) is 18.3. The van der Waals surface area contributed by atoms with E-state index >= 15 is 0 Å². The lowest BCUT2D eigenvalue weighted by molar-refractivity contribution is -0.326. The molecule has 4 amide bonds. The second-order valence-electron chi connectivity index (χ2n) is 17.4. The number of amides is 4. The lowest BCUT2D eigenvalue weighted by Crippen LogP contribution is -2.71. The minimum absolute atomic E-state index is 0.213. The maximum Gasteiger partial charge on any atom is 0.475 e. The second-order valence-corrected chi connectivity index (χ2v) is 19.2. The lowest BCUT2D eigenvalue weighted by Gasteiger charge is -2.48. The van der Waals surface area contributed by atoms with Crippen LogP contribution in [0.1, 0.15) is 112 Å². The molecule has 10 N–H and O–H groups in total. The number of nitrogens with two attached hydrogens (primary N) is 1. The Morgan fingerprint density at radius 1 is 0.822 bits per heavy atom. The van der Waals surface area contributed by atoms with Crippen molar-refractivity contribution in [3.8, 4) is 0 Å². The van der Waals surface area contributed by atoms with Gasteiger partial charge in [0.1, 0.15) is 36.6 Å². The van der Waals surface area contributed by atoms with Crippen LogP contribution in [0.5, 0.6) is 0 Å². The Labute approximate surface area is 421 Å². The maximum absolute atomic E-state index is 13.8. The van der Waals surface area contributed by atoms with Crippen molar-refractivity contribution < 1.29 is 103 Å². The molecule has 0 bridgehead atoms. The van der Waals surface area contributed by atoms with Crippen LogP contribution in [0.3, 0.4) is 0 Å². The Hall–Kier alpha value is -4.18. The molecule has 0 radical (unpaired) electrons. The fourth-order valence-corrected chi connectivity index (χ4v) is 9.39. The van der Waals surface area contributed by atoms with E-state index in [1.165, 1.54) is 19.3 Å². The number of methoxy groups -OCH3 is 1. The predicted octanol–water partition coefficient (Wildman–Crippen LogP) is 6.39. The van der Waals surface area contributed by atoms with E-state index in [1.807, 2.05) is 0 Å². The summed E-state index contributed by atoms with van der Waals surface area (Å²) in [6.45, 7) is 1.06. The topological polar surface area (TPSA) is 304 Å². The summed E-state index contributed by atoms with van der Waals surface area (Å²) in [4.78, 5) is 63.7. The van der Waals surface area contributed by atoms with E-state index in [2.05, 4.69) is 22.9 Å². The van der Waals surface area contributed by atoms with Gasteiger partial charge in [-0.3, -0.25) is 18.6 Å². The zero-order valence-corrected chi connectivity index (χ0v) is 41.3. The molecule has 0 saturated carbocycles. The van der Waals surface area contributed by atoms with Gasteiger partial charge in [0.05, 0.1) is 28.8 Å². The van der Waals surface area contributed by atoms with Gasteiger partial charge in [-0.05, 0) is 42.8 Å². The minimum atomic E-state index is -5.77. The van der Waals surface area contributed by atoms with Gasteiger partial charge in [-0.1, -0.05) is 102 Å². The molecule has 4 rings (SSSR count). The number of phosphoric ester groups is 1. The third-order valence-corrected chi connectivity index (χ3v) is 13.3. The first-order chi connectivity index (χ1) is 34.3. The largest absolute Gasteiger partial charge is 0.479 e. The summed E-state index contributed by atoms with van der Waals surface area (Å²) in [5, 5.41) is 48.0. The minimum Gasteiger partial charge on any atom is -0.479 e. The third-order valence-electron chi connectivity index (χ3n) is 12.0. The highest BCUT2D eigenvalue weighted by Gasteiger charge is 2.56. The number of aliphatic hydroxyl groups excluding tert-OH is 3. The molecule has 2 saturated heterocycles. The number of phosphoric acid groups is 1. The number of carboxylic acids is 1. The number of hydrogen-bond acceptors (Lipinski definition) is 14. The number of rotatable bonds is 27. The van der Waals surface area contributed by atoms with E-state index in [9.17, 15) is 75.4 Å². The van der Waals surface area contributed by atoms with Crippen molar-refractivity contribution in [2.24, 2.45) is 5.73 Å². The predicted molar refractivity (Wildman–Crippen MR) is 245 cm³/mol. The number of benzene rings is 2. The van der Waals surface area contributed by atoms with Crippen molar-refractivity contribution >= 4 is 48.9 Å². The highest BCUT2D eigenvalue weighted by atomic mass is 35.5. The van der Waals surface area contributed by atoms with Gasteiger partial charge < -0.3 is 66.0 Å². The van der Waals surface area contributed by atoms with Crippen LogP contribution in [0.25, 0.3) is 0 Å². The summed E-state index contributed by atoms with van der Waals surface area (Å²) in [6, 6.07) is -0.379. The van der Waals surface area contributed by atoms with Gasteiger partial charge in [0.15, 0.2) is 24.8 Å². The second kappa shape index (κ2) is 28.1. The molecule has 20 nitrogen and oxygen atoms in total. The van der Waals surface area contributed by atoms with Crippen LogP contribution < -0.4 is 21.7 Å². The van der Waals surface area contributed by atoms with Gasteiger partial charge in [-0.2, -0.15) is 26.3 Å². The Balaban J connectivity index is 1.68. The maximum atomic E-state index is 13.8. The number of anilines is 1. The number of carbonyl (C=O) groups is 4. The number of urea groups is 1. The number of unbranched alkanes of at least 4 members (excludes halogenated alkanes) is 11. The Morgan fingerprint density at radius 3 is 1.99 bits per heavy atom. The summed E-state index contributed by atoms with van der Waals surface area (Å²) >= 11 is 5.73. The standard InChI is InChI=1S/C45H62ClF6N4O16P/c1-3-4-5-6-7-8-9-10-11-12-13-14-18-29(40(62)63)71-73(65,66)72-42-36(32(35(67-2)37(70-42)38(53)60)56-43(64)54-26-19-20-28(46)27(22-26)45(50,51)52)69-41-31(34(59)33(58)30(23-57)68-41)55-39(61)24-16-15-17-25(21-24)44(47,48)49/h15-17,19-22,29-37,41-42,57-59H,3-14,18,23H2,1-2H3,(H2,53,60)(H,55,61)(H,62,63)(H,65,66)(H2,54,56,64)/t29?,30-,31-,32+,33-,34-,35+,36-,37+,41+,42-/m1/s1. The molecule has 12 atom stereocenters. The Morgan fingerprint density at radius 2 is 1.44 bits per heavy atom. The van der Waals surface area contributed by atoms with E-state index < -0.39 is 145 Å². The summed E-state index contributed by atoms with van der Waals surface area (Å²) < 4.78 is 129. The zero-order valence-electron chi connectivity index (χ0n) is 39.7. The average Bonchev–Trinajstić information content (AvgIpc) is 3.31. The van der Waals surface area contributed by atoms with Crippen LogP contribution in [0.2, 0.25) is 5.02 Å². The van der Waals surface area contributed by atoms with Gasteiger partial charge in [0.25, 0.3) is 5.91 Å². The van der Waals surface area contributed by atoms with E-state index in [0.29, 0.717) is 24.6 Å². The SMILES string of the molecule is CCCCCCCCCCCCCCC(OP(=O)(O)O[C@H]1O[C@H](C(N)=O)[C@@H](OC)[C@H](NC(=O)Nc2ccc(Cl)c(C(F)(F)F)c2)[C@H]1O[C@@H]1O[C@H](CO)[C@@H](O)[C@H](O)[C@H]1NC(=O)c1cccc(C(F)(F)F)c1)C(=O)O. The molecule has 0 spiro atoms. The average molecular weight is 1100 g/mol. The van der Waals surface area contributed by atoms with Crippen LogP contribution in [-0.4, -0.2) is 130 Å². The van der Waals surface area contributed by atoms with Crippen LogP contribution in [0.15, 0.2) is 42.5 Å². The smallest absolute Gasteiger partial charge is 0.475 e. The quantitative estimate of drug-likeness (QED) is 0.0266. The van der Waals surface area contributed by atoms with Gasteiger partial charge in [0, 0.05) is 18.4 Å². The van der Waals surface area contributed by atoms with Crippen molar-refractivity contribution in [3.05, 3.63) is 64.2 Å². The summed E-state index contributed by atoms with van der Waals surface area (Å²) in [6.07, 6.45) is -18.2. The highest BCUT2D eigenvalue weighted by Crippen LogP contribution is 2.49. The summed E-state index contributed by atoms with van der Waals surface area (Å²) in [5.74, 6) is -4.44. The number of aliphatic carboxylic acids is 1. The van der Waals surface area contributed by atoms with Gasteiger partial charge in [-0.15, -0.1) is 0 Å². The fourth-order valence-electron chi connectivity index (χ4n) is 8.17. The van der Waals surface area contributed by atoms with Gasteiger partial charge in [0.2, 0.25) is 5.91 Å². The van der Waals surface area contributed by atoms with Crippen LogP contribution >= 0.6 is 19.4 Å². The number of carbonyl (C=O) groups excluding carboxylic acids is 3. The first-order valence-corrected chi connectivity index (χ1v) is 25.3. The van der Waals surface area contributed by atoms with Crippen LogP contribution in [0.4, 0.5) is 36.8 Å². The molecule has 0 aliphatic carbocycles. The molecule has 28 heteroatoms. The van der Waals surface area contributed by atoms with Crippen molar-refractivity contribution in [1.29, 1.82) is 0 Å². The van der Waals surface area contributed by atoms with Crippen molar-refractivity contribution in [1.82, 2.24) is 10.6 Å². The molecule has 2 aromatic rings. The molecule has 412 valence electrons. The fraction of sp³-hybridized carbons (Fsp3) is 0.644. The van der Waals surface area contributed by atoms with Gasteiger partial charge in [-0.25, -0.2) is 14.2 Å². The molecule has 73 heavy (non-hydrogen) atoms. The molecule has 2 heterocycles. The summed E-state index contributed by atoms with van der Waals surface area (Å²) in [5.41, 5.74) is 1.80. The van der Waals surface area contributed by atoms with Crippen LogP contribution in [0, 0.1) is 0 Å². The van der Waals surface area contributed by atoms with E-state index in [4.69, 9.17) is 45.3 Å². The first-order valence-electron chi connectivity index (χ1n) is 23.4. The number of nitrogens with one attached hydrogen (secondary N) is 3. The van der Waals surface area contributed by atoms with Crippen LogP contribution in [-0.2, 0) is 54.5 Å². The highest BCUT2D eigenvalue weighted by molar-refractivity contribution is 7.47. The molecule has 0 aromatic heterocycles. The molecule has 2 unspecified atom stereocenters. The molecular formula is C45H62ClF6N4O16P. The zero-order chi connectivity index (χ0) is 54.3. The number of hydrogen-bond donors (Lipinski definition) is 9. The molecule has 2 fully saturated rings. The van der Waals surface area contributed by atoms with E-state index in [-0.39, 0.29) is 12.8 Å². The lowest BCUT2D eigenvalue weighted by atomic mass is 9.93. The Bertz CT molecular complexity index is 2180. The summed E-state index contributed by atoms with van der Waals surface area (Å²) in [7, 11) is -4.83. The van der Waals surface area contributed by atoms with Crippen molar-refractivity contribution in [2.75, 3.05) is 19.0 Å². The van der Waals surface area contributed by atoms with Gasteiger partial charge >= 0.3 is 32.2 Å². The first kappa shape index (κ1) is 61.4. The monoisotopic (exact) mass is 1090 g/mol. The van der Waals surface area contributed by atoms with E-state index in [0.717, 1.165) is 76.3 Å². The van der Waals surface area contributed by atoms with Crippen molar-refractivity contribution in [3.63, 3.8) is 0 Å². The molecule has 2 aliphatic rings. The van der Waals surface area contributed by atoms with E-state index in [1.54, 1.807) is 0 Å². The molecular weight excluding hydrogens is 1030 g/mol. The number of ether oxygens (including phenoxy) is 4. The number of primary amides is 1. The molecule has 2 aliphatic heterocycles. The number of carboxylic acid groups (broad SMARTS) is 1. The van der Waals surface area contributed by atoms with Crippen molar-refractivity contribution in [2.45, 2.75) is 170 Å². The Kier molecular flexibility index (Phi) is 23.6. The normalized spacial score (nSPS) is 25.8. The molecule has 2 aromatic carbocycles. The number of aliphatic hydroxyl groups is 3.